The molecule has 0 aromatic heterocycles. The minimum Gasteiger partial charge on any atom is -0.394 e. The summed E-state index contributed by atoms with van der Waals surface area (Å²) in [5.41, 5.74) is 0. The van der Waals surface area contributed by atoms with E-state index in [1.165, 1.54) is 0 Å². The van der Waals surface area contributed by atoms with Crippen LogP contribution in [0.15, 0.2) is 0 Å². The second kappa shape index (κ2) is 4.77. The van der Waals surface area contributed by atoms with Gasteiger partial charge in [-0.05, 0) is 19.1 Å². The Hall–Kier alpha value is 0.420. The summed E-state index contributed by atoms with van der Waals surface area (Å²) in [4.78, 5) is 0. The number of rotatable bonds is 3. The summed E-state index contributed by atoms with van der Waals surface area (Å²) in [6, 6.07) is 0. The Morgan fingerprint density at radius 1 is 1.69 bits per heavy atom. The maximum atomic E-state index is 11.7. The Kier molecular flexibility index (Phi) is 4.22. The molecule has 3 nitrogen and oxygen atoms in total. The third kappa shape index (κ3) is 2.94. The van der Waals surface area contributed by atoms with Crippen molar-refractivity contribution in [2.24, 2.45) is 0 Å². The average Bonchev–Trinajstić information content (AvgIpc) is 2.10. The zero-order chi connectivity index (χ0) is 9.90. The van der Waals surface area contributed by atoms with Crippen molar-refractivity contribution in [1.82, 2.24) is 0 Å². The van der Waals surface area contributed by atoms with E-state index in [2.05, 4.69) is 0 Å². The SMILES string of the molecule is C[C@@]1(C[C@@H](O)CO)SCCCS1=O. The van der Waals surface area contributed by atoms with Gasteiger partial charge in [-0.1, -0.05) is 0 Å². The van der Waals surface area contributed by atoms with Gasteiger partial charge in [-0.3, -0.25) is 4.21 Å². The molecule has 0 bridgehead atoms. The van der Waals surface area contributed by atoms with Gasteiger partial charge in [0.15, 0.2) is 0 Å². The van der Waals surface area contributed by atoms with Crippen LogP contribution in [0, 0.1) is 0 Å². The molecule has 5 heteroatoms. The van der Waals surface area contributed by atoms with Crippen molar-refractivity contribution in [1.29, 1.82) is 0 Å². The topological polar surface area (TPSA) is 57.5 Å². The van der Waals surface area contributed by atoms with E-state index in [1.54, 1.807) is 11.8 Å². The van der Waals surface area contributed by atoms with Crippen molar-refractivity contribution in [3.8, 4) is 0 Å². The van der Waals surface area contributed by atoms with Crippen LogP contribution >= 0.6 is 11.8 Å². The maximum absolute atomic E-state index is 11.7. The van der Waals surface area contributed by atoms with Crippen LogP contribution < -0.4 is 0 Å². The Morgan fingerprint density at radius 2 is 2.38 bits per heavy atom. The van der Waals surface area contributed by atoms with E-state index in [1.807, 2.05) is 6.92 Å². The van der Waals surface area contributed by atoms with Crippen molar-refractivity contribution >= 4 is 22.6 Å². The lowest BCUT2D eigenvalue weighted by atomic mass is 10.2. The number of aliphatic hydroxyl groups excluding tert-OH is 2. The third-order valence-electron chi connectivity index (χ3n) is 2.18. The van der Waals surface area contributed by atoms with Gasteiger partial charge in [0.05, 0.1) is 16.8 Å². The molecule has 1 fully saturated rings. The van der Waals surface area contributed by atoms with Crippen LogP contribution in [-0.2, 0) is 10.8 Å². The number of aliphatic hydroxyl groups is 2. The molecular weight excluding hydrogens is 208 g/mol. The minimum atomic E-state index is -0.874. The summed E-state index contributed by atoms with van der Waals surface area (Å²) >= 11 is 1.65. The monoisotopic (exact) mass is 224 g/mol. The Bertz CT molecular complexity index is 198. The molecule has 78 valence electrons. The molecule has 2 N–H and O–H groups in total. The Morgan fingerprint density at radius 3 is 2.92 bits per heavy atom. The number of hydrogen-bond acceptors (Lipinski definition) is 4. The van der Waals surface area contributed by atoms with E-state index in [0.717, 1.165) is 17.9 Å². The summed E-state index contributed by atoms with van der Waals surface area (Å²) in [5, 5.41) is 18.0. The van der Waals surface area contributed by atoms with Gasteiger partial charge in [-0.15, -0.1) is 11.8 Å². The minimum absolute atomic E-state index is 0.243. The van der Waals surface area contributed by atoms with E-state index >= 15 is 0 Å². The molecule has 0 aromatic carbocycles. The van der Waals surface area contributed by atoms with Crippen molar-refractivity contribution < 1.29 is 14.4 Å². The van der Waals surface area contributed by atoms with Crippen LogP contribution in [0.5, 0.6) is 0 Å². The number of thioether (sulfide) groups is 1. The highest BCUT2D eigenvalue weighted by Gasteiger charge is 2.36. The predicted octanol–water partition coefficient (Wildman–Crippen LogP) is 0.332. The first-order chi connectivity index (χ1) is 6.08. The van der Waals surface area contributed by atoms with Crippen LogP contribution in [0.25, 0.3) is 0 Å². The van der Waals surface area contributed by atoms with Crippen LogP contribution in [0.4, 0.5) is 0 Å². The van der Waals surface area contributed by atoms with Crippen LogP contribution in [0.2, 0.25) is 0 Å². The van der Waals surface area contributed by atoms with Gasteiger partial charge in [0, 0.05) is 23.0 Å². The zero-order valence-electron chi connectivity index (χ0n) is 7.73. The molecule has 0 radical (unpaired) electrons. The summed E-state index contributed by atoms with van der Waals surface area (Å²) in [6.45, 7) is 1.67. The molecule has 0 saturated carbocycles. The van der Waals surface area contributed by atoms with E-state index < -0.39 is 16.9 Å². The zero-order valence-corrected chi connectivity index (χ0v) is 9.37. The van der Waals surface area contributed by atoms with Gasteiger partial charge in [-0.2, -0.15) is 0 Å². The molecule has 13 heavy (non-hydrogen) atoms. The second-order valence-corrected chi connectivity index (χ2v) is 7.28. The van der Waals surface area contributed by atoms with E-state index in [9.17, 15) is 9.32 Å². The normalized spacial score (nSPS) is 37.3. The summed E-state index contributed by atoms with van der Waals surface area (Å²) in [5.74, 6) is 1.72. The van der Waals surface area contributed by atoms with Gasteiger partial charge in [-0.25, -0.2) is 0 Å². The quantitative estimate of drug-likeness (QED) is 0.725. The van der Waals surface area contributed by atoms with Crippen LogP contribution in [0.3, 0.4) is 0 Å². The molecule has 1 unspecified atom stereocenters. The molecular formula is C8H16O3S2. The lowest BCUT2D eigenvalue weighted by molar-refractivity contribution is 0.0865. The molecule has 0 amide bonds. The standard InChI is InChI=1S/C8H16O3S2/c1-8(5-7(10)6-9)12-3-2-4-13(8)11/h7,9-10H,2-6H2,1H3/t7-,8-,13?/m1/s1. The van der Waals surface area contributed by atoms with E-state index in [0.29, 0.717) is 6.42 Å². The Labute approximate surface area is 85.4 Å². The van der Waals surface area contributed by atoms with Gasteiger partial charge in [0.2, 0.25) is 0 Å². The van der Waals surface area contributed by atoms with Crippen molar-refractivity contribution in [3.05, 3.63) is 0 Å². The van der Waals surface area contributed by atoms with E-state index in [-0.39, 0.29) is 10.7 Å². The largest absolute Gasteiger partial charge is 0.394 e. The fourth-order valence-corrected chi connectivity index (χ4v) is 4.86. The molecule has 1 aliphatic heterocycles. The lowest BCUT2D eigenvalue weighted by Gasteiger charge is -2.33. The van der Waals surface area contributed by atoms with Crippen molar-refractivity contribution in [2.75, 3.05) is 18.1 Å². The fraction of sp³-hybridized carbons (Fsp3) is 1.00. The third-order valence-corrected chi connectivity index (χ3v) is 6.15. The molecule has 1 saturated heterocycles. The van der Waals surface area contributed by atoms with Crippen LogP contribution in [-0.4, -0.2) is 42.7 Å². The molecule has 3 atom stereocenters. The molecule has 1 heterocycles. The molecule has 0 aromatic rings. The highest BCUT2D eigenvalue weighted by Crippen LogP contribution is 2.37. The molecule has 0 spiro atoms. The van der Waals surface area contributed by atoms with Crippen LogP contribution in [0.1, 0.15) is 19.8 Å². The first kappa shape index (κ1) is 11.5. The molecule has 1 aliphatic rings. The predicted molar refractivity (Wildman–Crippen MR) is 56.2 cm³/mol. The number of hydrogen-bond donors (Lipinski definition) is 2. The van der Waals surface area contributed by atoms with Gasteiger partial charge >= 0.3 is 0 Å². The Balaban J connectivity index is 2.56. The van der Waals surface area contributed by atoms with E-state index in [4.69, 9.17) is 5.11 Å². The average molecular weight is 224 g/mol. The second-order valence-electron chi connectivity index (χ2n) is 3.43. The summed E-state index contributed by atoms with van der Waals surface area (Å²) < 4.78 is 11.3. The van der Waals surface area contributed by atoms with Crippen molar-refractivity contribution in [3.63, 3.8) is 0 Å². The summed E-state index contributed by atoms with van der Waals surface area (Å²) in [6.07, 6.45) is 0.669. The first-order valence-corrected chi connectivity index (χ1v) is 6.70. The smallest absolute Gasteiger partial charge is 0.0906 e. The van der Waals surface area contributed by atoms with Gasteiger partial charge in [0.1, 0.15) is 0 Å². The molecule has 1 rings (SSSR count). The van der Waals surface area contributed by atoms with Crippen molar-refractivity contribution in [2.45, 2.75) is 29.9 Å². The fourth-order valence-electron chi connectivity index (χ4n) is 1.40. The molecule has 0 aliphatic carbocycles. The lowest BCUT2D eigenvalue weighted by Crippen LogP contribution is -2.37. The highest BCUT2D eigenvalue weighted by molar-refractivity contribution is 8.13. The van der Waals surface area contributed by atoms with Gasteiger partial charge < -0.3 is 10.2 Å². The van der Waals surface area contributed by atoms with Gasteiger partial charge in [0.25, 0.3) is 0 Å². The summed E-state index contributed by atoms with van der Waals surface area (Å²) in [7, 11) is -0.874. The maximum Gasteiger partial charge on any atom is 0.0906 e. The highest BCUT2D eigenvalue weighted by atomic mass is 32.2. The first-order valence-electron chi connectivity index (χ1n) is 4.40.